The second-order valence-corrected chi connectivity index (χ2v) is 9.58. The summed E-state index contributed by atoms with van der Waals surface area (Å²) in [6.45, 7) is 2.61. The Kier molecular flexibility index (Phi) is 8.74. The minimum atomic E-state index is -3.98. The van der Waals surface area contributed by atoms with Crippen LogP contribution in [0.15, 0.2) is 83.8 Å². The number of para-hydroxylation sites is 1. The van der Waals surface area contributed by atoms with Crippen LogP contribution in [0.25, 0.3) is 0 Å². The fourth-order valence-electron chi connectivity index (χ4n) is 3.30. The van der Waals surface area contributed by atoms with Gasteiger partial charge in [0.1, 0.15) is 12.3 Å². The van der Waals surface area contributed by atoms with E-state index in [0.29, 0.717) is 13.2 Å². The van der Waals surface area contributed by atoms with Gasteiger partial charge in [-0.15, -0.1) is 0 Å². The molecule has 8 heteroatoms. The predicted octanol–water partition coefficient (Wildman–Crippen LogP) is 4.68. The van der Waals surface area contributed by atoms with Crippen molar-refractivity contribution in [1.29, 1.82) is 0 Å². The molecule has 0 aliphatic rings. The van der Waals surface area contributed by atoms with Crippen LogP contribution in [0.5, 0.6) is 5.75 Å². The lowest BCUT2D eigenvalue weighted by Gasteiger charge is -2.25. The first-order chi connectivity index (χ1) is 15.9. The number of carbonyl (C=O) groups excluding carboxylic acids is 1. The number of hydrogen-bond acceptors (Lipinski definition) is 4. The molecule has 33 heavy (non-hydrogen) atoms. The highest BCUT2D eigenvalue weighted by molar-refractivity contribution is 7.92. The monoisotopic (exact) mass is 486 g/mol. The fraction of sp³-hybridized carbons (Fsp3) is 0.240. The quantitative estimate of drug-likeness (QED) is 0.399. The molecule has 3 aromatic carbocycles. The Balaban J connectivity index is 1.64. The van der Waals surface area contributed by atoms with Crippen molar-refractivity contribution in [1.82, 2.24) is 5.32 Å². The van der Waals surface area contributed by atoms with Crippen molar-refractivity contribution in [3.8, 4) is 5.75 Å². The summed E-state index contributed by atoms with van der Waals surface area (Å²) < 4.78 is 33.1. The van der Waals surface area contributed by atoms with Crippen molar-refractivity contribution < 1.29 is 17.9 Å². The molecular weight excluding hydrogens is 460 g/mol. The van der Waals surface area contributed by atoms with Crippen molar-refractivity contribution in [3.05, 3.63) is 89.4 Å². The van der Waals surface area contributed by atoms with E-state index in [1.807, 2.05) is 31.2 Å². The standard InChI is InChI=1S/C25H27ClN2O4S/c1-2-32-21-16-14-20(15-17-21)9-8-18-27-25(29)19-28(24-13-7-6-12-23(24)26)33(30,31)22-10-4-3-5-11-22/h3-7,10-17H,2,8-9,18-19H2,1H3,(H,27,29). The van der Waals surface area contributed by atoms with E-state index in [4.69, 9.17) is 16.3 Å². The second kappa shape index (κ2) is 11.7. The minimum absolute atomic E-state index is 0.0909. The van der Waals surface area contributed by atoms with Crippen molar-refractivity contribution in [2.24, 2.45) is 0 Å². The summed E-state index contributed by atoms with van der Waals surface area (Å²) in [6.07, 6.45) is 1.50. The molecule has 0 radical (unpaired) electrons. The molecule has 0 saturated carbocycles. The number of rotatable bonds is 11. The average molecular weight is 487 g/mol. The van der Waals surface area contributed by atoms with Gasteiger partial charge in [0.15, 0.2) is 0 Å². The van der Waals surface area contributed by atoms with Crippen molar-refractivity contribution in [3.63, 3.8) is 0 Å². The molecule has 0 fully saturated rings. The van der Waals surface area contributed by atoms with E-state index in [1.54, 1.807) is 42.5 Å². The lowest BCUT2D eigenvalue weighted by Crippen LogP contribution is -2.41. The largest absolute Gasteiger partial charge is 0.494 e. The van der Waals surface area contributed by atoms with Crippen molar-refractivity contribution in [2.75, 3.05) is 24.0 Å². The molecule has 0 spiro atoms. The van der Waals surface area contributed by atoms with Gasteiger partial charge in [-0.05, 0) is 61.7 Å². The number of hydrogen-bond donors (Lipinski definition) is 1. The number of nitrogens with one attached hydrogen (secondary N) is 1. The van der Waals surface area contributed by atoms with Crippen LogP contribution in [0.3, 0.4) is 0 Å². The van der Waals surface area contributed by atoms with Gasteiger partial charge in [0.05, 0.1) is 22.2 Å². The normalized spacial score (nSPS) is 11.1. The van der Waals surface area contributed by atoms with Crippen LogP contribution in [0.1, 0.15) is 18.9 Å². The summed E-state index contributed by atoms with van der Waals surface area (Å²) in [5.41, 5.74) is 1.39. The maximum atomic E-state index is 13.3. The van der Waals surface area contributed by atoms with Crippen LogP contribution < -0.4 is 14.4 Å². The Hall–Kier alpha value is -3.03. The van der Waals surface area contributed by atoms with E-state index in [2.05, 4.69) is 5.32 Å². The van der Waals surface area contributed by atoms with E-state index in [9.17, 15) is 13.2 Å². The molecule has 0 saturated heterocycles. The predicted molar refractivity (Wildman–Crippen MR) is 131 cm³/mol. The first kappa shape index (κ1) is 24.6. The Morgan fingerprint density at radius 1 is 0.970 bits per heavy atom. The Bertz CT molecular complexity index is 1150. The number of anilines is 1. The van der Waals surface area contributed by atoms with E-state index < -0.39 is 15.9 Å². The molecule has 0 bridgehead atoms. The van der Waals surface area contributed by atoms with Crippen LogP contribution in [-0.4, -0.2) is 34.0 Å². The summed E-state index contributed by atoms with van der Waals surface area (Å²) in [5, 5.41) is 3.07. The first-order valence-corrected chi connectivity index (χ1v) is 12.5. The third-order valence-corrected chi connectivity index (χ3v) is 7.03. The molecule has 3 aromatic rings. The van der Waals surface area contributed by atoms with Crippen molar-refractivity contribution >= 4 is 33.2 Å². The smallest absolute Gasteiger partial charge is 0.264 e. The number of halogens is 1. The lowest BCUT2D eigenvalue weighted by atomic mass is 10.1. The van der Waals surface area contributed by atoms with Crippen LogP contribution in [0.2, 0.25) is 5.02 Å². The topological polar surface area (TPSA) is 75.7 Å². The van der Waals surface area contributed by atoms with E-state index in [0.717, 1.165) is 28.5 Å². The van der Waals surface area contributed by atoms with Crippen LogP contribution in [0, 0.1) is 0 Å². The van der Waals surface area contributed by atoms with Gasteiger partial charge in [0.25, 0.3) is 10.0 Å². The molecular formula is C25H27ClN2O4S. The molecule has 0 unspecified atom stereocenters. The maximum absolute atomic E-state index is 13.3. The molecule has 1 amide bonds. The number of benzene rings is 3. The molecule has 0 aliphatic carbocycles. The Morgan fingerprint density at radius 3 is 2.30 bits per heavy atom. The average Bonchev–Trinajstić information content (AvgIpc) is 2.82. The van der Waals surface area contributed by atoms with E-state index in [1.165, 1.54) is 12.1 Å². The van der Waals surface area contributed by atoms with Gasteiger partial charge < -0.3 is 10.1 Å². The zero-order chi connectivity index (χ0) is 23.7. The lowest BCUT2D eigenvalue weighted by molar-refractivity contribution is -0.119. The zero-order valence-corrected chi connectivity index (χ0v) is 20.0. The van der Waals surface area contributed by atoms with Gasteiger partial charge in [-0.25, -0.2) is 8.42 Å². The third-order valence-electron chi connectivity index (χ3n) is 4.94. The van der Waals surface area contributed by atoms with Gasteiger partial charge in [0, 0.05) is 6.54 Å². The summed E-state index contributed by atoms with van der Waals surface area (Å²) >= 11 is 6.27. The second-order valence-electron chi connectivity index (χ2n) is 7.31. The van der Waals surface area contributed by atoms with E-state index >= 15 is 0 Å². The Labute approximate surface area is 200 Å². The molecule has 0 aliphatic heterocycles. The highest BCUT2D eigenvalue weighted by Gasteiger charge is 2.28. The van der Waals surface area contributed by atoms with Crippen LogP contribution in [-0.2, 0) is 21.2 Å². The summed E-state index contributed by atoms with van der Waals surface area (Å²) in [6, 6.07) is 22.4. The van der Waals surface area contributed by atoms with Gasteiger partial charge in [-0.1, -0.05) is 54.1 Å². The number of aryl methyl sites for hydroxylation is 1. The number of amides is 1. The zero-order valence-electron chi connectivity index (χ0n) is 18.4. The number of nitrogens with zero attached hydrogens (tertiary/aromatic N) is 1. The highest BCUT2D eigenvalue weighted by atomic mass is 35.5. The molecule has 0 heterocycles. The SMILES string of the molecule is CCOc1ccc(CCCNC(=O)CN(c2ccccc2Cl)S(=O)(=O)c2ccccc2)cc1. The number of sulfonamides is 1. The first-order valence-electron chi connectivity index (χ1n) is 10.7. The number of ether oxygens (including phenoxy) is 1. The summed E-state index contributed by atoms with van der Waals surface area (Å²) in [5.74, 6) is 0.426. The van der Waals surface area contributed by atoms with Crippen LogP contribution >= 0.6 is 11.6 Å². The third kappa shape index (κ3) is 6.73. The van der Waals surface area contributed by atoms with Crippen LogP contribution in [0.4, 0.5) is 5.69 Å². The summed E-state index contributed by atoms with van der Waals surface area (Å²) in [4.78, 5) is 12.8. The van der Waals surface area contributed by atoms with E-state index in [-0.39, 0.29) is 22.2 Å². The molecule has 0 aromatic heterocycles. The molecule has 6 nitrogen and oxygen atoms in total. The fourth-order valence-corrected chi connectivity index (χ4v) is 5.05. The van der Waals surface area contributed by atoms with Gasteiger partial charge >= 0.3 is 0 Å². The molecule has 0 atom stereocenters. The maximum Gasteiger partial charge on any atom is 0.264 e. The van der Waals surface area contributed by atoms with Gasteiger partial charge in [-0.3, -0.25) is 9.10 Å². The molecule has 3 rings (SSSR count). The highest BCUT2D eigenvalue weighted by Crippen LogP contribution is 2.30. The van der Waals surface area contributed by atoms with Crippen molar-refractivity contribution in [2.45, 2.75) is 24.7 Å². The summed E-state index contributed by atoms with van der Waals surface area (Å²) in [7, 11) is -3.98. The number of carbonyl (C=O) groups is 1. The molecule has 1 N–H and O–H groups in total. The Morgan fingerprint density at radius 2 is 1.64 bits per heavy atom. The van der Waals surface area contributed by atoms with Gasteiger partial charge in [-0.2, -0.15) is 0 Å². The molecule has 174 valence electrons. The van der Waals surface area contributed by atoms with Gasteiger partial charge in [0.2, 0.25) is 5.91 Å². The minimum Gasteiger partial charge on any atom is -0.494 e.